The van der Waals surface area contributed by atoms with Crippen LogP contribution in [0.1, 0.15) is 41.3 Å². The van der Waals surface area contributed by atoms with Crippen LogP contribution in [0, 0.1) is 0 Å². The molecule has 0 spiro atoms. The van der Waals surface area contributed by atoms with Gasteiger partial charge in [0.1, 0.15) is 30.2 Å². The van der Waals surface area contributed by atoms with E-state index < -0.39 is 36.2 Å². The monoisotopic (exact) mass is 646 g/mol. The molecule has 4 rings (SSSR count). The molecule has 12 nitrogen and oxygen atoms in total. The number of aromatic hydroxyl groups is 1. The molecule has 0 saturated heterocycles. The molecule has 3 aromatic rings. The first kappa shape index (κ1) is 34.6. The van der Waals surface area contributed by atoms with Crippen molar-refractivity contribution in [2.45, 2.75) is 44.7 Å². The van der Waals surface area contributed by atoms with Gasteiger partial charge in [-0.15, -0.1) is 0 Å². The Hall–Kier alpha value is -5.26. The molecule has 12 heteroatoms. The molecular formula is C35H42N4O8. The normalized spacial score (nSPS) is 17.3. The van der Waals surface area contributed by atoms with Gasteiger partial charge >= 0.3 is 0 Å². The molecule has 0 unspecified atom stereocenters. The number of ether oxygens (including phenoxy) is 3. The van der Waals surface area contributed by atoms with Gasteiger partial charge in [-0.05, 0) is 67.3 Å². The summed E-state index contributed by atoms with van der Waals surface area (Å²) in [6.45, 7) is 2.99. The summed E-state index contributed by atoms with van der Waals surface area (Å²) >= 11 is 0. The topological polar surface area (TPSA) is 156 Å². The lowest BCUT2D eigenvalue weighted by Gasteiger charge is -2.27. The van der Waals surface area contributed by atoms with Gasteiger partial charge in [-0.1, -0.05) is 30.3 Å². The van der Waals surface area contributed by atoms with E-state index in [-0.39, 0.29) is 49.1 Å². The number of nitrogens with zero attached hydrogens (tertiary/aromatic N) is 1. The molecule has 1 heterocycles. The van der Waals surface area contributed by atoms with Gasteiger partial charge < -0.3 is 40.2 Å². The number of hydrogen-bond acceptors (Lipinski definition) is 8. The average molecular weight is 647 g/mol. The predicted octanol–water partition coefficient (Wildman–Crippen LogP) is 2.62. The zero-order valence-corrected chi connectivity index (χ0v) is 26.9. The Balaban J connectivity index is 1.49. The second-order valence-electron chi connectivity index (χ2n) is 11.1. The quantitative estimate of drug-likeness (QED) is 0.245. The van der Waals surface area contributed by atoms with Gasteiger partial charge in [0.05, 0.1) is 32.2 Å². The maximum atomic E-state index is 13.5. The van der Waals surface area contributed by atoms with E-state index in [1.807, 2.05) is 25.1 Å². The van der Waals surface area contributed by atoms with Crippen LogP contribution in [-0.4, -0.2) is 86.2 Å². The van der Waals surface area contributed by atoms with E-state index in [0.29, 0.717) is 36.5 Å². The van der Waals surface area contributed by atoms with Crippen LogP contribution in [-0.2, 0) is 27.2 Å². The van der Waals surface area contributed by atoms with E-state index in [1.165, 1.54) is 17.0 Å². The van der Waals surface area contributed by atoms with Crippen LogP contribution >= 0.6 is 0 Å². The highest BCUT2D eigenvalue weighted by atomic mass is 16.5. The van der Waals surface area contributed by atoms with Gasteiger partial charge in [0, 0.05) is 20.0 Å². The van der Waals surface area contributed by atoms with E-state index in [9.17, 15) is 24.3 Å². The Labute approximate surface area is 274 Å². The first-order valence-electron chi connectivity index (χ1n) is 15.6. The summed E-state index contributed by atoms with van der Waals surface area (Å²) < 4.78 is 16.9. The van der Waals surface area contributed by atoms with Gasteiger partial charge in [-0.3, -0.25) is 19.2 Å². The molecule has 250 valence electrons. The Kier molecular flexibility index (Phi) is 12.4. The highest BCUT2D eigenvalue weighted by molar-refractivity contribution is 6.01. The smallest absolute Gasteiger partial charge is 0.255 e. The molecule has 47 heavy (non-hydrogen) atoms. The van der Waals surface area contributed by atoms with Crippen LogP contribution in [0.4, 0.5) is 0 Å². The number of methoxy groups -OCH3 is 1. The number of aryl methyl sites for hydroxylation is 1. The minimum Gasteiger partial charge on any atom is -0.508 e. The molecule has 1 aliphatic heterocycles. The average Bonchev–Trinajstić information content (AvgIpc) is 3.07. The van der Waals surface area contributed by atoms with Crippen molar-refractivity contribution in [3.63, 3.8) is 0 Å². The number of carbonyl (C=O) groups excluding carboxylic acids is 4. The predicted molar refractivity (Wildman–Crippen MR) is 175 cm³/mol. The Morgan fingerprint density at radius 2 is 1.77 bits per heavy atom. The first-order valence-corrected chi connectivity index (χ1v) is 15.6. The third kappa shape index (κ3) is 9.86. The number of para-hydroxylation sites is 1. The standard InChI is InChI=1S/C35H42N4O8/c1-4-46-30-16-13-23(21-31(30)45-3)8-7-17-36-34(43)27-22-32(41)37-28(20-24-11-14-25(40)15-12-24)35(44)39(2)18-19-47-29-10-6-5-9-26(29)33(42)38-27/h5-6,9-16,21,27-28,40H,4,7-8,17-20,22H2,1-3H3,(H,36,43)(H,37,41)(H,38,42)/t27-,28-/m0/s1. The lowest BCUT2D eigenvalue weighted by Crippen LogP contribution is -2.53. The number of phenolic OH excluding ortho intramolecular Hbond substituents is 1. The maximum Gasteiger partial charge on any atom is 0.255 e. The van der Waals surface area contributed by atoms with E-state index in [2.05, 4.69) is 16.0 Å². The van der Waals surface area contributed by atoms with Crippen LogP contribution in [0.5, 0.6) is 23.0 Å². The minimum atomic E-state index is -1.23. The molecule has 0 aliphatic carbocycles. The Morgan fingerprint density at radius 1 is 1.02 bits per heavy atom. The lowest BCUT2D eigenvalue weighted by molar-refractivity contribution is -0.136. The van der Waals surface area contributed by atoms with E-state index in [1.54, 1.807) is 50.6 Å². The summed E-state index contributed by atoms with van der Waals surface area (Å²) in [4.78, 5) is 55.1. The van der Waals surface area contributed by atoms with Crippen molar-refractivity contribution < 1.29 is 38.5 Å². The Morgan fingerprint density at radius 3 is 2.51 bits per heavy atom. The number of rotatable bonds is 10. The molecule has 4 amide bonds. The van der Waals surface area contributed by atoms with Crippen molar-refractivity contribution in [2.24, 2.45) is 0 Å². The number of likely N-dealkylation sites (N-methyl/N-ethyl adjacent to an activating group) is 1. The third-order valence-corrected chi connectivity index (χ3v) is 7.68. The van der Waals surface area contributed by atoms with Crippen LogP contribution in [0.2, 0.25) is 0 Å². The van der Waals surface area contributed by atoms with Gasteiger partial charge in [0.15, 0.2) is 11.5 Å². The summed E-state index contributed by atoms with van der Waals surface area (Å²) in [5, 5.41) is 18.0. The number of phenols is 1. The highest BCUT2D eigenvalue weighted by Crippen LogP contribution is 2.28. The molecule has 0 aromatic heterocycles. The second kappa shape index (κ2) is 16.9. The number of benzene rings is 3. The lowest BCUT2D eigenvalue weighted by atomic mass is 10.0. The van der Waals surface area contributed by atoms with Crippen molar-refractivity contribution >= 4 is 23.6 Å². The van der Waals surface area contributed by atoms with Crippen LogP contribution in [0.25, 0.3) is 0 Å². The van der Waals surface area contributed by atoms with Crippen molar-refractivity contribution in [1.82, 2.24) is 20.9 Å². The number of hydrogen-bond donors (Lipinski definition) is 4. The van der Waals surface area contributed by atoms with Crippen molar-refractivity contribution in [3.8, 4) is 23.0 Å². The number of carbonyl (C=O) groups is 4. The summed E-state index contributed by atoms with van der Waals surface area (Å²) in [6, 6.07) is 16.4. The molecule has 4 N–H and O–H groups in total. The SMILES string of the molecule is CCOc1ccc(CCCNC(=O)[C@@H]2CC(=O)N[C@@H](Cc3ccc(O)cc3)C(=O)N(C)CCOc3ccccc3C(=O)N2)cc1OC. The zero-order valence-electron chi connectivity index (χ0n) is 26.9. The number of fused-ring (bicyclic) bond motifs is 1. The van der Waals surface area contributed by atoms with Crippen LogP contribution < -0.4 is 30.2 Å². The summed E-state index contributed by atoms with van der Waals surface area (Å²) in [7, 11) is 3.18. The summed E-state index contributed by atoms with van der Waals surface area (Å²) in [5.74, 6) is -0.402. The molecule has 3 aromatic carbocycles. The van der Waals surface area contributed by atoms with Gasteiger partial charge in [-0.25, -0.2) is 0 Å². The third-order valence-electron chi connectivity index (χ3n) is 7.68. The molecule has 0 fully saturated rings. The maximum absolute atomic E-state index is 13.5. The van der Waals surface area contributed by atoms with Gasteiger partial charge in [0.25, 0.3) is 5.91 Å². The molecule has 0 saturated carbocycles. The van der Waals surface area contributed by atoms with Crippen LogP contribution in [0.15, 0.2) is 66.7 Å². The summed E-state index contributed by atoms with van der Waals surface area (Å²) in [6.07, 6.45) is 0.972. The van der Waals surface area contributed by atoms with Crippen LogP contribution in [0.3, 0.4) is 0 Å². The second-order valence-corrected chi connectivity index (χ2v) is 11.1. The molecule has 0 radical (unpaired) electrons. The van der Waals surface area contributed by atoms with E-state index >= 15 is 0 Å². The zero-order chi connectivity index (χ0) is 33.8. The van der Waals surface area contributed by atoms with Gasteiger partial charge in [0.2, 0.25) is 17.7 Å². The minimum absolute atomic E-state index is 0.0773. The van der Waals surface area contributed by atoms with Crippen molar-refractivity contribution in [1.29, 1.82) is 0 Å². The van der Waals surface area contributed by atoms with E-state index in [0.717, 1.165) is 5.56 Å². The van der Waals surface area contributed by atoms with Crippen molar-refractivity contribution in [3.05, 3.63) is 83.4 Å². The molecular weight excluding hydrogens is 604 g/mol. The summed E-state index contributed by atoms with van der Waals surface area (Å²) in [5.41, 5.74) is 1.91. The molecule has 2 atom stereocenters. The fourth-order valence-corrected chi connectivity index (χ4v) is 5.17. The fraction of sp³-hybridized carbons (Fsp3) is 0.371. The number of amides is 4. The first-order chi connectivity index (χ1) is 22.7. The molecule has 0 bridgehead atoms. The Bertz CT molecular complexity index is 1540. The highest BCUT2D eigenvalue weighted by Gasteiger charge is 2.30. The number of nitrogens with one attached hydrogen (secondary N) is 3. The van der Waals surface area contributed by atoms with Gasteiger partial charge in [-0.2, -0.15) is 0 Å². The molecule has 1 aliphatic rings. The largest absolute Gasteiger partial charge is 0.508 e. The van der Waals surface area contributed by atoms with Crippen molar-refractivity contribution in [2.75, 3.05) is 40.5 Å². The fourth-order valence-electron chi connectivity index (χ4n) is 5.17. The van der Waals surface area contributed by atoms with E-state index in [4.69, 9.17) is 14.2 Å².